The lowest BCUT2D eigenvalue weighted by atomic mass is 10.0. The van der Waals surface area contributed by atoms with Gasteiger partial charge in [-0.25, -0.2) is 4.79 Å². The number of Topliss-reactive ketones (excluding diaryl/α,β-unsaturated/α-hetero) is 1. The third kappa shape index (κ3) is 2.68. The fourth-order valence-corrected chi connectivity index (χ4v) is 1.86. The number of benzene rings is 1. The van der Waals surface area contributed by atoms with E-state index < -0.39 is 12.1 Å². The van der Waals surface area contributed by atoms with Gasteiger partial charge in [-0.15, -0.1) is 0 Å². The summed E-state index contributed by atoms with van der Waals surface area (Å²) in [5.74, 6) is -1.35. The van der Waals surface area contributed by atoms with Crippen LogP contribution in [0.2, 0.25) is 0 Å². The lowest BCUT2D eigenvalue weighted by molar-refractivity contribution is -0.147. The molecule has 0 radical (unpaired) electrons. The quantitative estimate of drug-likeness (QED) is 0.832. The van der Waals surface area contributed by atoms with Crippen molar-refractivity contribution in [2.24, 2.45) is 0 Å². The largest absolute Gasteiger partial charge is 0.479 e. The molecule has 0 fully saturated rings. The highest BCUT2D eigenvalue weighted by Gasteiger charge is 2.19. The van der Waals surface area contributed by atoms with Crippen molar-refractivity contribution in [3.8, 4) is 0 Å². The summed E-state index contributed by atoms with van der Waals surface area (Å²) >= 11 is 3.14. The van der Waals surface area contributed by atoms with Gasteiger partial charge < -0.3 is 10.2 Å². The van der Waals surface area contributed by atoms with Crippen LogP contribution in [0, 0.1) is 0 Å². The Bertz CT molecular complexity index is 428. The number of halogens is 1. The molecule has 86 valence electrons. The number of carbonyl (C=O) groups excluding carboxylic acids is 1. The Morgan fingerprint density at radius 2 is 2.06 bits per heavy atom. The van der Waals surface area contributed by atoms with Gasteiger partial charge >= 0.3 is 5.97 Å². The summed E-state index contributed by atoms with van der Waals surface area (Å²) in [5.41, 5.74) is 0.732. The van der Waals surface area contributed by atoms with E-state index in [1.54, 1.807) is 6.92 Å². The highest BCUT2D eigenvalue weighted by molar-refractivity contribution is 9.10. The van der Waals surface area contributed by atoms with Crippen molar-refractivity contribution < 1.29 is 19.8 Å². The number of aliphatic hydroxyl groups is 1. The molecule has 0 aromatic heterocycles. The van der Waals surface area contributed by atoms with E-state index >= 15 is 0 Å². The maximum atomic E-state index is 11.4. The molecule has 0 amide bonds. The van der Waals surface area contributed by atoms with Crippen molar-refractivity contribution in [2.45, 2.75) is 19.4 Å². The van der Waals surface area contributed by atoms with Crippen LogP contribution in [0.5, 0.6) is 0 Å². The third-order valence-electron chi connectivity index (χ3n) is 2.17. The van der Waals surface area contributed by atoms with Crippen LogP contribution < -0.4 is 0 Å². The molecular formula is C11H11BrO4. The zero-order chi connectivity index (χ0) is 12.3. The lowest BCUT2D eigenvalue weighted by Gasteiger charge is -2.09. The fraction of sp³-hybridized carbons (Fsp3) is 0.273. The summed E-state index contributed by atoms with van der Waals surface area (Å²) in [7, 11) is 0. The maximum Gasteiger partial charge on any atom is 0.337 e. The third-order valence-corrected chi connectivity index (χ3v) is 2.86. The molecule has 0 saturated heterocycles. The van der Waals surface area contributed by atoms with Crippen LogP contribution in [0.15, 0.2) is 22.7 Å². The molecule has 1 atom stereocenters. The SMILES string of the molecule is CCC(=O)c1ccc(C(O)C(=O)O)c(Br)c1. The van der Waals surface area contributed by atoms with Gasteiger partial charge in [0.15, 0.2) is 11.9 Å². The first-order valence-corrected chi connectivity index (χ1v) is 5.50. The topological polar surface area (TPSA) is 74.6 Å². The number of hydrogen-bond acceptors (Lipinski definition) is 3. The number of ketones is 1. The van der Waals surface area contributed by atoms with E-state index in [4.69, 9.17) is 5.11 Å². The van der Waals surface area contributed by atoms with Crippen LogP contribution in [-0.2, 0) is 4.79 Å². The Labute approximate surface area is 101 Å². The molecule has 0 aliphatic rings. The van der Waals surface area contributed by atoms with Crippen molar-refractivity contribution in [2.75, 3.05) is 0 Å². The molecule has 4 nitrogen and oxygen atoms in total. The molecule has 1 rings (SSSR count). The van der Waals surface area contributed by atoms with Crippen LogP contribution in [0.1, 0.15) is 35.4 Å². The minimum atomic E-state index is -1.58. The molecule has 0 aliphatic heterocycles. The Hall–Kier alpha value is -1.20. The van der Waals surface area contributed by atoms with Gasteiger partial charge in [-0.2, -0.15) is 0 Å². The van der Waals surface area contributed by atoms with E-state index in [0.29, 0.717) is 16.5 Å². The van der Waals surface area contributed by atoms with Gasteiger partial charge in [0.2, 0.25) is 0 Å². The summed E-state index contributed by atoms with van der Waals surface area (Å²) < 4.78 is 0.418. The molecule has 0 aliphatic carbocycles. The molecular weight excluding hydrogens is 276 g/mol. The highest BCUT2D eigenvalue weighted by Crippen LogP contribution is 2.25. The molecule has 2 N–H and O–H groups in total. The second-order valence-electron chi connectivity index (χ2n) is 3.25. The molecule has 1 aromatic carbocycles. The van der Waals surface area contributed by atoms with Crippen molar-refractivity contribution >= 4 is 27.7 Å². The molecule has 0 spiro atoms. The molecule has 1 aromatic rings. The normalized spacial score (nSPS) is 12.2. The van der Waals surface area contributed by atoms with Gasteiger partial charge in [0, 0.05) is 22.0 Å². The highest BCUT2D eigenvalue weighted by atomic mass is 79.9. The number of rotatable bonds is 4. The van der Waals surface area contributed by atoms with E-state index in [9.17, 15) is 14.7 Å². The molecule has 5 heteroatoms. The van der Waals surface area contributed by atoms with Gasteiger partial charge in [-0.1, -0.05) is 35.0 Å². The minimum absolute atomic E-state index is 0.0305. The van der Waals surface area contributed by atoms with E-state index in [0.717, 1.165) is 0 Å². The maximum absolute atomic E-state index is 11.4. The first kappa shape index (κ1) is 12.9. The minimum Gasteiger partial charge on any atom is -0.479 e. The first-order valence-electron chi connectivity index (χ1n) is 4.71. The van der Waals surface area contributed by atoms with Crippen molar-refractivity contribution in [3.63, 3.8) is 0 Å². The molecule has 0 saturated carbocycles. The number of carboxylic acids is 1. The lowest BCUT2D eigenvalue weighted by Crippen LogP contribution is -2.11. The summed E-state index contributed by atoms with van der Waals surface area (Å²) in [4.78, 5) is 22.0. The Kier molecular flexibility index (Phi) is 4.20. The predicted octanol–water partition coefficient (Wildman–Crippen LogP) is 2.16. The second kappa shape index (κ2) is 5.23. The Morgan fingerprint density at radius 3 is 2.50 bits per heavy atom. The van der Waals surface area contributed by atoms with Crippen LogP contribution in [0.25, 0.3) is 0 Å². The van der Waals surface area contributed by atoms with E-state index in [1.165, 1.54) is 18.2 Å². The predicted molar refractivity (Wildman–Crippen MR) is 61.4 cm³/mol. The first-order chi connectivity index (χ1) is 7.47. The number of aliphatic carboxylic acids is 1. The number of aliphatic hydroxyl groups excluding tert-OH is 1. The van der Waals surface area contributed by atoms with Gasteiger partial charge in [0.25, 0.3) is 0 Å². The van der Waals surface area contributed by atoms with Crippen LogP contribution in [-0.4, -0.2) is 22.0 Å². The number of carbonyl (C=O) groups is 2. The second-order valence-corrected chi connectivity index (χ2v) is 4.11. The van der Waals surface area contributed by atoms with Gasteiger partial charge in [0.1, 0.15) is 0 Å². The van der Waals surface area contributed by atoms with E-state index in [1.807, 2.05) is 0 Å². The zero-order valence-corrected chi connectivity index (χ0v) is 10.2. The van der Waals surface area contributed by atoms with Crippen molar-refractivity contribution in [1.82, 2.24) is 0 Å². The smallest absolute Gasteiger partial charge is 0.337 e. The average Bonchev–Trinajstić information content (AvgIpc) is 2.26. The number of hydrogen-bond donors (Lipinski definition) is 2. The van der Waals surface area contributed by atoms with Crippen LogP contribution in [0.4, 0.5) is 0 Å². The molecule has 16 heavy (non-hydrogen) atoms. The summed E-state index contributed by atoms with van der Waals surface area (Å²) in [6.45, 7) is 1.75. The monoisotopic (exact) mass is 286 g/mol. The average molecular weight is 287 g/mol. The van der Waals surface area contributed by atoms with Gasteiger partial charge in [-0.05, 0) is 6.07 Å². The van der Waals surface area contributed by atoms with E-state index in [-0.39, 0.29) is 11.3 Å². The summed E-state index contributed by atoms with van der Waals surface area (Å²) in [6, 6.07) is 4.47. The van der Waals surface area contributed by atoms with Crippen LogP contribution >= 0.6 is 15.9 Å². The van der Waals surface area contributed by atoms with Crippen molar-refractivity contribution in [1.29, 1.82) is 0 Å². The molecule has 0 bridgehead atoms. The summed E-state index contributed by atoms with van der Waals surface area (Å²) in [5, 5.41) is 18.0. The fourth-order valence-electron chi connectivity index (χ4n) is 1.26. The number of carboxylic acid groups (broad SMARTS) is 1. The Balaban J connectivity index is 3.09. The van der Waals surface area contributed by atoms with Gasteiger partial charge in [-0.3, -0.25) is 4.79 Å². The summed E-state index contributed by atoms with van der Waals surface area (Å²) in [6.07, 6.45) is -1.20. The van der Waals surface area contributed by atoms with Gasteiger partial charge in [0.05, 0.1) is 0 Å². The molecule has 0 heterocycles. The zero-order valence-electron chi connectivity index (χ0n) is 8.61. The standard InChI is InChI=1S/C11H11BrO4/c1-2-9(13)6-3-4-7(8(12)5-6)10(14)11(15)16/h3-5,10,14H,2H2,1H3,(H,15,16). The molecule has 1 unspecified atom stereocenters. The van der Waals surface area contributed by atoms with E-state index in [2.05, 4.69) is 15.9 Å². The Morgan fingerprint density at radius 1 is 1.44 bits per heavy atom. The van der Waals surface area contributed by atoms with Crippen molar-refractivity contribution in [3.05, 3.63) is 33.8 Å². The van der Waals surface area contributed by atoms with Crippen LogP contribution in [0.3, 0.4) is 0 Å².